The van der Waals surface area contributed by atoms with E-state index in [1.54, 1.807) is 0 Å². The van der Waals surface area contributed by atoms with E-state index in [4.69, 9.17) is 0 Å². The molecule has 0 bridgehead atoms. The van der Waals surface area contributed by atoms with E-state index in [1.165, 1.54) is 62.5 Å². The number of hydrogen-bond acceptors (Lipinski definition) is 2. The lowest BCUT2D eigenvalue weighted by Crippen LogP contribution is -2.24. The maximum Gasteiger partial charge on any atom is 0.244 e. The second kappa shape index (κ2) is 13.1. The molecule has 2 heteroatoms. The lowest BCUT2D eigenvalue weighted by Gasteiger charge is -2.26. The average Bonchev–Trinajstić information content (AvgIpc) is 3.31. The molecule has 1 unspecified atom stereocenters. The Bertz CT molecular complexity index is 697. The highest BCUT2D eigenvalue weighted by Gasteiger charge is 2.35. The third-order valence-electron chi connectivity index (χ3n) is 6.18. The van der Waals surface area contributed by atoms with Crippen LogP contribution in [0.3, 0.4) is 0 Å². The van der Waals surface area contributed by atoms with E-state index < -0.39 is 0 Å². The van der Waals surface area contributed by atoms with Crippen molar-refractivity contribution in [2.24, 2.45) is 21.8 Å². The van der Waals surface area contributed by atoms with Crippen molar-refractivity contribution in [3.05, 3.63) is 78.0 Å². The van der Waals surface area contributed by atoms with Gasteiger partial charge in [0.1, 0.15) is 0 Å². The molecule has 0 radical (unpaired) electrons. The van der Waals surface area contributed by atoms with Crippen LogP contribution in [0.15, 0.2) is 70.6 Å². The molecule has 0 spiro atoms. The zero-order valence-electron chi connectivity index (χ0n) is 18.5. The van der Waals surface area contributed by atoms with E-state index in [2.05, 4.69) is 77.6 Å². The van der Waals surface area contributed by atoms with Gasteiger partial charge in [-0.15, -0.1) is 0 Å². The first-order valence-electron chi connectivity index (χ1n) is 11.9. The molecular weight excluding hydrogens is 364 g/mol. The van der Waals surface area contributed by atoms with Crippen molar-refractivity contribution < 1.29 is 0 Å². The Balaban J connectivity index is 1.67. The van der Waals surface area contributed by atoms with Crippen LogP contribution >= 0.6 is 0 Å². The molecule has 2 aromatic carbocycles. The summed E-state index contributed by atoms with van der Waals surface area (Å²) in [6, 6.07) is 21.8. The maximum atomic E-state index is 4.65. The molecule has 3 rings (SSSR count). The molecule has 0 fully saturated rings. The standard InChI is InChI=1S/C28H37N2/c1-2-3-4-5-6-7-14-19-27(28-29-20-21-30-28)26(22-24-15-10-8-11-16-24)23-25-17-12-9-13-18-25/h8-13,15-18,20-21,26-27H,2-7,14,19,22-23H2,1H3/q+1. The molecule has 0 aliphatic carbocycles. The van der Waals surface area contributed by atoms with E-state index in [9.17, 15) is 0 Å². The van der Waals surface area contributed by atoms with Gasteiger partial charge in [-0.05, 0) is 36.3 Å². The van der Waals surface area contributed by atoms with Gasteiger partial charge in [0.15, 0.2) is 12.4 Å². The highest BCUT2D eigenvalue weighted by molar-refractivity contribution is 6.18. The van der Waals surface area contributed by atoms with E-state index in [0.29, 0.717) is 11.8 Å². The van der Waals surface area contributed by atoms with Crippen molar-refractivity contribution in [3.8, 4) is 0 Å². The zero-order valence-corrected chi connectivity index (χ0v) is 18.5. The number of benzene rings is 2. The van der Waals surface area contributed by atoms with Crippen LogP contribution in [0.2, 0.25) is 0 Å². The number of hydrogen-bond donors (Lipinski definition) is 0. The molecule has 2 nitrogen and oxygen atoms in total. The van der Waals surface area contributed by atoms with Crippen LogP contribution < -0.4 is 0 Å². The highest BCUT2D eigenvalue weighted by Crippen LogP contribution is 2.36. The summed E-state index contributed by atoms with van der Waals surface area (Å²) in [5.74, 6) is 0.924. The molecule has 0 saturated heterocycles. The van der Waals surface area contributed by atoms with E-state index >= 15 is 0 Å². The summed E-state index contributed by atoms with van der Waals surface area (Å²) in [7, 11) is 0. The minimum absolute atomic E-state index is 0.413. The number of rotatable bonds is 14. The van der Waals surface area contributed by atoms with Gasteiger partial charge in [0.05, 0.1) is 5.92 Å². The van der Waals surface area contributed by atoms with Crippen molar-refractivity contribution in [1.29, 1.82) is 0 Å². The van der Waals surface area contributed by atoms with Crippen LogP contribution in [0.4, 0.5) is 0 Å². The molecule has 1 atom stereocenters. The van der Waals surface area contributed by atoms with Crippen LogP contribution in [0, 0.1) is 18.0 Å². The smallest absolute Gasteiger partial charge is 0.0965 e. The van der Waals surface area contributed by atoms with Crippen molar-refractivity contribution in [2.45, 2.75) is 71.1 Å². The molecule has 158 valence electrons. The monoisotopic (exact) mass is 401 g/mol. The minimum atomic E-state index is 0.413. The van der Waals surface area contributed by atoms with Crippen LogP contribution in [-0.2, 0) is 12.8 Å². The first-order valence-corrected chi connectivity index (χ1v) is 11.9. The van der Waals surface area contributed by atoms with Gasteiger partial charge in [0.25, 0.3) is 0 Å². The first-order chi connectivity index (χ1) is 14.9. The van der Waals surface area contributed by atoms with Gasteiger partial charge in [-0.3, -0.25) is 0 Å². The summed E-state index contributed by atoms with van der Waals surface area (Å²) in [5, 5.41) is 0. The number of nitrogens with zero attached hydrogens (tertiary/aromatic N) is 2. The van der Waals surface area contributed by atoms with Crippen molar-refractivity contribution in [1.82, 2.24) is 0 Å². The van der Waals surface area contributed by atoms with Gasteiger partial charge in [0, 0.05) is 0 Å². The normalized spacial score (nSPS) is 14.0. The summed E-state index contributed by atoms with van der Waals surface area (Å²) in [6.07, 6.45) is 17.5. The molecule has 0 amide bonds. The lowest BCUT2D eigenvalue weighted by atomic mass is 9.78. The Morgan fingerprint density at radius 1 is 0.667 bits per heavy atom. The summed E-state index contributed by atoms with van der Waals surface area (Å²) >= 11 is 0. The van der Waals surface area contributed by atoms with E-state index in [-0.39, 0.29) is 0 Å². The topological polar surface area (TPSA) is 24.7 Å². The van der Waals surface area contributed by atoms with E-state index in [1.807, 2.05) is 12.4 Å². The van der Waals surface area contributed by atoms with Gasteiger partial charge in [-0.25, -0.2) is 0 Å². The predicted octanol–water partition coefficient (Wildman–Crippen LogP) is 7.49. The van der Waals surface area contributed by atoms with Gasteiger partial charge in [-0.1, -0.05) is 123 Å². The number of unbranched alkanes of at least 4 members (excludes halogenated alkanes) is 6. The van der Waals surface area contributed by atoms with Crippen molar-refractivity contribution in [3.63, 3.8) is 0 Å². The quantitative estimate of drug-likeness (QED) is 0.231. The Kier molecular flexibility index (Phi) is 9.72. The van der Waals surface area contributed by atoms with Gasteiger partial charge >= 0.3 is 0 Å². The lowest BCUT2D eigenvalue weighted by molar-refractivity contribution is 0.306. The Labute approximate surface area is 183 Å². The predicted molar refractivity (Wildman–Crippen MR) is 130 cm³/mol. The van der Waals surface area contributed by atoms with Crippen LogP contribution in [-0.4, -0.2) is 12.4 Å². The van der Waals surface area contributed by atoms with Crippen molar-refractivity contribution in [2.75, 3.05) is 0 Å². The fourth-order valence-electron chi connectivity index (χ4n) is 4.53. The Morgan fingerprint density at radius 2 is 1.17 bits per heavy atom. The molecule has 30 heavy (non-hydrogen) atoms. The molecule has 0 saturated carbocycles. The second-order valence-electron chi connectivity index (χ2n) is 8.57. The second-order valence-corrected chi connectivity index (χ2v) is 8.57. The fraction of sp³-hybridized carbons (Fsp3) is 0.464. The van der Waals surface area contributed by atoms with E-state index in [0.717, 1.165) is 19.0 Å². The molecule has 1 aliphatic heterocycles. The summed E-state index contributed by atoms with van der Waals surface area (Å²) in [6.45, 7) is 2.28. The molecule has 2 aromatic rings. The third kappa shape index (κ3) is 7.48. The highest BCUT2D eigenvalue weighted by atomic mass is 15.0. The molecule has 0 aromatic heterocycles. The SMILES string of the molecule is CCCCCCCCCC([C+]1N=CC=N1)C(Cc1ccccc1)Cc1ccccc1. The summed E-state index contributed by atoms with van der Waals surface area (Å²) < 4.78 is 0. The number of aliphatic imine (C=N–C) groups is 2. The Morgan fingerprint density at radius 3 is 1.70 bits per heavy atom. The summed E-state index contributed by atoms with van der Waals surface area (Å²) in [4.78, 5) is 9.30. The van der Waals surface area contributed by atoms with Gasteiger partial charge in [0.2, 0.25) is 6.17 Å². The first kappa shape index (κ1) is 22.3. The van der Waals surface area contributed by atoms with Crippen LogP contribution in [0.1, 0.15) is 69.4 Å². The average molecular weight is 402 g/mol. The van der Waals surface area contributed by atoms with Crippen LogP contribution in [0.25, 0.3) is 0 Å². The fourth-order valence-corrected chi connectivity index (χ4v) is 4.53. The van der Waals surface area contributed by atoms with Crippen molar-refractivity contribution >= 4 is 12.4 Å². The molecule has 1 heterocycles. The van der Waals surface area contributed by atoms with Gasteiger partial charge < -0.3 is 0 Å². The third-order valence-corrected chi connectivity index (χ3v) is 6.18. The zero-order chi connectivity index (χ0) is 20.9. The summed E-state index contributed by atoms with van der Waals surface area (Å²) in [5.41, 5.74) is 2.82. The Hall–Kier alpha value is -2.35. The maximum absolute atomic E-state index is 4.65. The molecule has 1 aliphatic rings. The van der Waals surface area contributed by atoms with Crippen LogP contribution in [0.5, 0.6) is 0 Å². The molecular formula is C28H37N2+. The van der Waals surface area contributed by atoms with Gasteiger partial charge in [-0.2, -0.15) is 0 Å². The minimum Gasteiger partial charge on any atom is -0.0965 e. The molecule has 0 N–H and O–H groups in total. The largest absolute Gasteiger partial charge is 0.244 e.